The third kappa shape index (κ3) is 3.54. The summed E-state index contributed by atoms with van der Waals surface area (Å²) < 4.78 is 1.43. The number of carbonyl (C=O) groups is 2. The van der Waals surface area contributed by atoms with E-state index in [1.165, 1.54) is 4.68 Å². The van der Waals surface area contributed by atoms with E-state index in [4.69, 9.17) is 0 Å². The van der Waals surface area contributed by atoms with Crippen molar-refractivity contribution in [2.75, 3.05) is 13.6 Å². The van der Waals surface area contributed by atoms with Crippen molar-refractivity contribution < 1.29 is 9.59 Å². The summed E-state index contributed by atoms with van der Waals surface area (Å²) in [4.78, 5) is 41.3. The van der Waals surface area contributed by atoms with Crippen LogP contribution in [0.4, 0.5) is 0 Å². The van der Waals surface area contributed by atoms with Crippen LogP contribution in [0.1, 0.15) is 30.7 Å². The highest BCUT2D eigenvalue weighted by molar-refractivity contribution is 6.04. The lowest BCUT2D eigenvalue weighted by molar-refractivity contribution is -0.154. The first-order valence-electron chi connectivity index (χ1n) is 9.07. The Labute approximate surface area is 158 Å². The van der Waals surface area contributed by atoms with Crippen LogP contribution in [0, 0.1) is 5.41 Å². The number of benzene rings is 1. The Morgan fingerprint density at radius 2 is 1.89 bits per heavy atom. The molecular weight excluding hydrogens is 344 g/mol. The van der Waals surface area contributed by atoms with Crippen molar-refractivity contribution in [3.05, 3.63) is 57.5 Å². The standard InChI is InChI=1S/C20H26N4O3/c1-20(2,18(26)22(3)12-14-8-6-5-7-9-14)19(27)24-11-10-15-16(13-24)21-23(4)17(15)25/h5-9,21H,10-13H2,1-4H3. The van der Waals surface area contributed by atoms with Gasteiger partial charge in [0.15, 0.2) is 0 Å². The molecule has 0 spiro atoms. The number of fused-ring (bicyclic) bond motifs is 1. The number of hydrogen-bond donors (Lipinski definition) is 1. The molecule has 1 aliphatic heterocycles. The van der Waals surface area contributed by atoms with Crippen LogP contribution in [-0.4, -0.2) is 45.0 Å². The third-order valence-electron chi connectivity index (χ3n) is 5.18. The third-order valence-corrected chi connectivity index (χ3v) is 5.18. The maximum atomic E-state index is 13.1. The highest BCUT2D eigenvalue weighted by Gasteiger charge is 2.42. The Morgan fingerprint density at radius 3 is 2.56 bits per heavy atom. The predicted molar refractivity (Wildman–Crippen MR) is 102 cm³/mol. The molecule has 2 amide bonds. The number of aromatic amines is 1. The molecular formula is C20H26N4O3. The largest absolute Gasteiger partial charge is 0.341 e. The van der Waals surface area contributed by atoms with Gasteiger partial charge in [-0.05, 0) is 25.8 Å². The van der Waals surface area contributed by atoms with E-state index < -0.39 is 5.41 Å². The average molecular weight is 370 g/mol. The first-order valence-corrected chi connectivity index (χ1v) is 9.07. The Morgan fingerprint density at radius 1 is 1.22 bits per heavy atom. The van der Waals surface area contributed by atoms with Gasteiger partial charge in [0.05, 0.1) is 12.2 Å². The molecule has 0 fully saturated rings. The monoisotopic (exact) mass is 370 g/mol. The van der Waals surface area contributed by atoms with Crippen LogP contribution in [0.25, 0.3) is 0 Å². The lowest BCUT2D eigenvalue weighted by Gasteiger charge is -2.35. The molecule has 1 N–H and O–H groups in total. The van der Waals surface area contributed by atoms with Gasteiger partial charge >= 0.3 is 0 Å². The number of nitrogens with zero attached hydrogens (tertiary/aromatic N) is 3. The number of rotatable bonds is 4. The molecule has 0 bridgehead atoms. The van der Waals surface area contributed by atoms with Gasteiger partial charge in [0.1, 0.15) is 5.41 Å². The summed E-state index contributed by atoms with van der Waals surface area (Å²) in [5, 5.41) is 3.00. The van der Waals surface area contributed by atoms with Crippen LogP contribution in [0.2, 0.25) is 0 Å². The second kappa shape index (κ2) is 7.06. The van der Waals surface area contributed by atoms with Gasteiger partial charge in [-0.3, -0.25) is 24.2 Å². The van der Waals surface area contributed by atoms with E-state index in [1.54, 1.807) is 37.7 Å². The molecule has 2 heterocycles. The van der Waals surface area contributed by atoms with Gasteiger partial charge in [-0.2, -0.15) is 0 Å². The fourth-order valence-corrected chi connectivity index (χ4v) is 3.62. The highest BCUT2D eigenvalue weighted by Crippen LogP contribution is 2.26. The number of aryl methyl sites for hydroxylation is 1. The molecule has 27 heavy (non-hydrogen) atoms. The number of nitrogens with one attached hydrogen (secondary N) is 1. The summed E-state index contributed by atoms with van der Waals surface area (Å²) in [7, 11) is 3.38. The zero-order valence-corrected chi connectivity index (χ0v) is 16.3. The minimum absolute atomic E-state index is 0.0463. The average Bonchev–Trinajstić information content (AvgIpc) is 2.94. The van der Waals surface area contributed by atoms with E-state index in [-0.39, 0.29) is 17.4 Å². The summed E-state index contributed by atoms with van der Waals surface area (Å²) in [6.07, 6.45) is 0.501. The van der Waals surface area contributed by atoms with Gasteiger partial charge in [-0.15, -0.1) is 0 Å². The van der Waals surface area contributed by atoms with Crippen molar-refractivity contribution in [1.82, 2.24) is 19.6 Å². The molecule has 0 radical (unpaired) electrons. The fraction of sp³-hybridized carbons (Fsp3) is 0.450. The summed E-state index contributed by atoms with van der Waals surface area (Å²) >= 11 is 0. The molecule has 0 unspecified atom stereocenters. The number of aromatic nitrogens is 2. The number of hydrogen-bond acceptors (Lipinski definition) is 3. The molecule has 7 nitrogen and oxygen atoms in total. The van der Waals surface area contributed by atoms with Crippen LogP contribution in [0.15, 0.2) is 35.1 Å². The van der Waals surface area contributed by atoms with Crippen molar-refractivity contribution >= 4 is 11.8 Å². The fourth-order valence-electron chi connectivity index (χ4n) is 3.62. The maximum absolute atomic E-state index is 13.1. The lowest BCUT2D eigenvalue weighted by atomic mass is 9.88. The van der Waals surface area contributed by atoms with Crippen LogP contribution < -0.4 is 5.56 Å². The molecule has 0 atom stereocenters. The molecule has 0 saturated heterocycles. The van der Waals surface area contributed by atoms with Gasteiger partial charge in [0, 0.05) is 32.7 Å². The molecule has 1 aromatic carbocycles. The first-order chi connectivity index (χ1) is 12.7. The van der Waals surface area contributed by atoms with Crippen molar-refractivity contribution in [1.29, 1.82) is 0 Å². The van der Waals surface area contributed by atoms with Crippen LogP contribution in [0.3, 0.4) is 0 Å². The molecule has 0 saturated carbocycles. The topological polar surface area (TPSA) is 78.4 Å². The zero-order chi connectivity index (χ0) is 19.8. The van der Waals surface area contributed by atoms with Gasteiger partial charge < -0.3 is 9.80 Å². The van der Waals surface area contributed by atoms with Crippen molar-refractivity contribution in [2.45, 2.75) is 33.4 Å². The predicted octanol–water partition coefficient (Wildman–Crippen LogP) is 1.28. The second-order valence-electron chi connectivity index (χ2n) is 7.68. The van der Waals surface area contributed by atoms with Crippen molar-refractivity contribution in [3.8, 4) is 0 Å². The van der Waals surface area contributed by atoms with Crippen LogP contribution in [0.5, 0.6) is 0 Å². The minimum atomic E-state index is -1.17. The van der Waals surface area contributed by atoms with E-state index in [0.717, 1.165) is 16.8 Å². The summed E-state index contributed by atoms with van der Waals surface area (Å²) in [5.41, 5.74) is 1.28. The SMILES string of the molecule is CN(Cc1ccccc1)C(=O)C(C)(C)C(=O)N1CCc2c([nH]n(C)c2=O)C1. The Bertz CT molecular complexity index is 911. The Kier molecular flexibility index (Phi) is 4.95. The van der Waals surface area contributed by atoms with E-state index in [9.17, 15) is 14.4 Å². The Hall–Kier alpha value is -2.83. The molecule has 1 aromatic heterocycles. The molecule has 144 valence electrons. The minimum Gasteiger partial charge on any atom is -0.341 e. The van der Waals surface area contributed by atoms with Crippen LogP contribution in [-0.2, 0) is 36.1 Å². The molecule has 7 heteroatoms. The quantitative estimate of drug-likeness (QED) is 0.824. The second-order valence-corrected chi connectivity index (χ2v) is 7.68. The van der Waals surface area contributed by atoms with Gasteiger partial charge in [0.25, 0.3) is 5.56 Å². The molecule has 3 rings (SSSR count). The molecule has 2 aromatic rings. The lowest BCUT2D eigenvalue weighted by Crippen LogP contribution is -2.51. The number of amides is 2. The zero-order valence-electron chi connectivity index (χ0n) is 16.3. The summed E-state index contributed by atoms with van der Waals surface area (Å²) in [5.74, 6) is -0.438. The first kappa shape index (κ1) is 18.9. The van der Waals surface area contributed by atoms with E-state index in [1.807, 2.05) is 30.3 Å². The van der Waals surface area contributed by atoms with Gasteiger partial charge in [-0.1, -0.05) is 30.3 Å². The summed E-state index contributed by atoms with van der Waals surface area (Å²) in [6, 6.07) is 9.69. The highest BCUT2D eigenvalue weighted by atomic mass is 16.2. The van der Waals surface area contributed by atoms with Gasteiger partial charge in [-0.25, -0.2) is 0 Å². The summed E-state index contributed by atoms with van der Waals surface area (Å²) in [6.45, 7) is 4.55. The maximum Gasteiger partial charge on any atom is 0.269 e. The Balaban J connectivity index is 1.73. The smallest absolute Gasteiger partial charge is 0.269 e. The van der Waals surface area contributed by atoms with E-state index >= 15 is 0 Å². The van der Waals surface area contributed by atoms with Crippen molar-refractivity contribution in [2.24, 2.45) is 12.5 Å². The van der Waals surface area contributed by atoms with E-state index in [2.05, 4.69) is 5.10 Å². The molecule has 0 aliphatic carbocycles. The normalized spacial score (nSPS) is 14.0. The van der Waals surface area contributed by atoms with Gasteiger partial charge in [0.2, 0.25) is 11.8 Å². The number of H-pyrrole nitrogens is 1. The number of carbonyl (C=O) groups excluding carboxylic acids is 2. The van der Waals surface area contributed by atoms with Crippen LogP contribution >= 0.6 is 0 Å². The van der Waals surface area contributed by atoms with E-state index in [0.29, 0.717) is 26.1 Å². The van der Waals surface area contributed by atoms with Crippen molar-refractivity contribution in [3.63, 3.8) is 0 Å². The molecule has 1 aliphatic rings.